The average Bonchev–Trinajstić information content (AvgIpc) is 2.59. The van der Waals surface area contributed by atoms with Crippen molar-refractivity contribution in [3.8, 4) is 22.8 Å². The number of carbonyl (C=O) groups excluding carboxylic acids is 1. The number of rotatable bonds is 4. The number of ether oxygens (including phenoxy) is 2. The molecule has 0 amide bonds. The predicted octanol–water partition coefficient (Wildman–Crippen LogP) is 3.87. The molecule has 0 aliphatic heterocycles. The number of pyridine rings is 1. The molecule has 0 bridgehead atoms. The van der Waals surface area contributed by atoms with Gasteiger partial charge in [0.15, 0.2) is 17.8 Å². The van der Waals surface area contributed by atoms with E-state index in [1.165, 1.54) is 26.4 Å². The molecule has 3 aromatic rings. The molecule has 0 fully saturated rings. The summed E-state index contributed by atoms with van der Waals surface area (Å²) in [6.07, 6.45) is 0.731. The van der Waals surface area contributed by atoms with E-state index in [1.807, 2.05) is 0 Å². The molecular weight excluding hydrogens is 297 g/mol. The molecule has 0 spiro atoms. The van der Waals surface area contributed by atoms with Crippen molar-refractivity contribution in [1.82, 2.24) is 4.98 Å². The molecule has 5 heteroatoms. The zero-order chi connectivity index (χ0) is 16.4. The van der Waals surface area contributed by atoms with Gasteiger partial charge in [-0.15, -0.1) is 0 Å². The van der Waals surface area contributed by atoms with Gasteiger partial charge in [0.05, 0.1) is 30.8 Å². The standard InChI is InChI=1S/C18H14FNO3/c1-22-16-7-6-14-17(18(16)23-2)12(10-21)9-15(20-14)11-4-3-5-13(19)8-11/h3-10H,1-2H3. The number of halogens is 1. The van der Waals surface area contributed by atoms with Crippen molar-refractivity contribution < 1.29 is 18.7 Å². The van der Waals surface area contributed by atoms with E-state index in [0.29, 0.717) is 39.2 Å². The lowest BCUT2D eigenvalue weighted by Crippen LogP contribution is -1.97. The lowest BCUT2D eigenvalue weighted by Gasteiger charge is -2.13. The molecule has 3 rings (SSSR count). The molecule has 0 saturated carbocycles. The minimum absolute atomic E-state index is 0.357. The van der Waals surface area contributed by atoms with Crippen LogP contribution in [-0.2, 0) is 0 Å². The number of methoxy groups -OCH3 is 2. The monoisotopic (exact) mass is 311 g/mol. The Morgan fingerprint density at radius 1 is 1.09 bits per heavy atom. The Labute approximate surface area is 132 Å². The second-order valence-corrected chi connectivity index (χ2v) is 4.92. The first-order valence-electron chi connectivity index (χ1n) is 6.94. The van der Waals surface area contributed by atoms with Crippen LogP contribution < -0.4 is 9.47 Å². The van der Waals surface area contributed by atoms with Gasteiger partial charge in [0.1, 0.15) is 5.82 Å². The van der Waals surface area contributed by atoms with Gasteiger partial charge in [-0.1, -0.05) is 12.1 Å². The Hall–Kier alpha value is -2.95. The maximum atomic E-state index is 13.4. The summed E-state index contributed by atoms with van der Waals surface area (Å²) in [4.78, 5) is 16.1. The van der Waals surface area contributed by atoms with Crippen molar-refractivity contribution in [1.29, 1.82) is 0 Å². The third kappa shape index (κ3) is 2.61. The van der Waals surface area contributed by atoms with Crippen molar-refractivity contribution in [2.24, 2.45) is 0 Å². The van der Waals surface area contributed by atoms with Crippen LogP contribution in [-0.4, -0.2) is 25.5 Å². The highest BCUT2D eigenvalue weighted by molar-refractivity contribution is 6.02. The highest BCUT2D eigenvalue weighted by Gasteiger charge is 2.15. The normalized spacial score (nSPS) is 10.6. The van der Waals surface area contributed by atoms with E-state index in [1.54, 1.807) is 30.3 Å². The van der Waals surface area contributed by atoms with E-state index in [0.717, 1.165) is 6.29 Å². The van der Waals surface area contributed by atoms with E-state index in [4.69, 9.17) is 9.47 Å². The topological polar surface area (TPSA) is 48.4 Å². The Morgan fingerprint density at radius 3 is 2.57 bits per heavy atom. The second-order valence-electron chi connectivity index (χ2n) is 4.92. The van der Waals surface area contributed by atoms with Crippen LogP contribution >= 0.6 is 0 Å². The van der Waals surface area contributed by atoms with Gasteiger partial charge in [-0.2, -0.15) is 0 Å². The van der Waals surface area contributed by atoms with Crippen molar-refractivity contribution in [3.05, 3.63) is 53.8 Å². The van der Waals surface area contributed by atoms with Crippen molar-refractivity contribution >= 4 is 17.2 Å². The van der Waals surface area contributed by atoms with E-state index < -0.39 is 0 Å². The molecule has 0 aliphatic carbocycles. The lowest BCUT2D eigenvalue weighted by molar-refractivity contribution is 0.112. The molecule has 0 saturated heterocycles. The number of hydrogen-bond donors (Lipinski definition) is 0. The van der Waals surface area contributed by atoms with Crippen LogP contribution in [0.15, 0.2) is 42.5 Å². The molecule has 0 atom stereocenters. The SMILES string of the molecule is COc1ccc2nc(-c3cccc(F)c3)cc(C=O)c2c1OC. The molecule has 23 heavy (non-hydrogen) atoms. The summed E-state index contributed by atoms with van der Waals surface area (Å²) in [7, 11) is 3.03. The van der Waals surface area contributed by atoms with Crippen molar-refractivity contribution in [2.75, 3.05) is 14.2 Å². The van der Waals surface area contributed by atoms with Gasteiger partial charge >= 0.3 is 0 Å². The first kappa shape index (κ1) is 15.0. The van der Waals surface area contributed by atoms with Gasteiger partial charge in [0.25, 0.3) is 0 Å². The number of aromatic nitrogens is 1. The Balaban J connectivity index is 2.32. The first-order chi connectivity index (χ1) is 11.2. The minimum Gasteiger partial charge on any atom is -0.493 e. The van der Waals surface area contributed by atoms with Gasteiger partial charge in [-0.25, -0.2) is 9.37 Å². The maximum Gasteiger partial charge on any atom is 0.170 e. The molecule has 1 aromatic heterocycles. The van der Waals surface area contributed by atoms with Crippen LogP contribution in [0.1, 0.15) is 10.4 Å². The van der Waals surface area contributed by atoms with E-state index in [-0.39, 0.29) is 5.82 Å². The van der Waals surface area contributed by atoms with E-state index in [9.17, 15) is 9.18 Å². The minimum atomic E-state index is -0.357. The number of carbonyl (C=O) groups is 1. The van der Waals surface area contributed by atoms with Crippen LogP contribution in [0.3, 0.4) is 0 Å². The summed E-state index contributed by atoms with van der Waals surface area (Å²) < 4.78 is 24.1. The quantitative estimate of drug-likeness (QED) is 0.686. The Morgan fingerprint density at radius 2 is 1.91 bits per heavy atom. The molecule has 116 valence electrons. The molecular formula is C18H14FNO3. The zero-order valence-electron chi connectivity index (χ0n) is 12.7. The molecule has 4 nitrogen and oxygen atoms in total. The van der Waals surface area contributed by atoms with E-state index in [2.05, 4.69) is 4.98 Å². The highest BCUT2D eigenvalue weighted by Crippen LogP contribution is 2.37. The van der Waals surface area contributed by atoms with E-state index >= 15 is 0 Å². The number of hydrogen-bond acceptors (Lipinski definition) is 4. The highest BCUT2D eigenvalue weighted by atomic mass is 19.1. The molecule has 0 unspecified atom stereocenters. The van der Waals surface area contributed by atoms with Crippen LogP contribution in [0.4, 0.5) is 4.39 Å². The predicted molar refractivity (Wildman–Crippen MR) is 85.6 cm³/mol. The molecule has 1 heterocycles. The third-order valence-electron chi connectivity index (χ3n) is 3.59. The fourth-order valence-corrected chi connectivity index (χ4v) is 2.56. The maximum absolute atomic E-state index is 13.4. The average molecular weight is 311 g/mol. The molecule has 2 aromatic carbocycles. The molecule has 0 aliphatic rings. The fourth-order valence-electron chi connectivity index (χ4n) is 2.56. The Kier molecular flexibility index (Phi) is 3.93. The largest absolute Gasteiger partial charge is 0.493 e. The van der Waals surface area contributed by atoms with Gasteiger partial charge in [-0.3, -0.25) is 4.79 Å². The van der Waals surface area contributed by atoms with Crippen LogP contribution in [0.2, 0.25) is 0 Å². The van der Waals surface area contributed by atoms with Gasteiger partial charge in [-0.05, 0) is 30.3 Å². The lowest BCUT2D eigenvalue weighted by atomic mass is 10.0. The number of fused-ring (bicyclic) bond motifs is 1. The number of aldehydes is 1. The van der Waals surface area contributed by atoms with Crippen molar-refractivity contribution in [3.63, 3.8) is 0 Å². The van der Waals surface area contributed by atoms with Crippen molar-refractivity contribution in [2.45, 2.75) is 0 Å². The number of benzene rings is 2. The second kappa shape index (κ2) is 6.04. The number of nitrogens with zero attached hydrogens (tertiary/aromatic N) is 1. The molecule has 0 radical (unpaired) electrons. The summed E-state index contributed by atoms with van der Waals surface area (Å²) >= 11 is 0. The Bertz CT molecular complexity index is 893. The van der Waals surface area contributed by atoms with Crippen LogP contribution in [0.25, 0.3) is 22.2 Å². The van der Waals surface area contributed by atoms with Gasteiger partial charge < -0.3 is 9.47 Å². The first-order valence-corrected chi connectivity index (χ1v) is 6.94. The summed E-state index contributed by atoms with van der Waals surface area (Å²) in [5.74, 6) is 0.609. The van der Waals surface area contributed by atoms with Crippen LogP contribution in [0.5, 0.6) is 11.5 Å². The summed E-state index contributed by atoms with van der Waals surface area (Å²) in [6.45, 7) is 0. The third-order valence-corrected chi connectivity index (χ3v) is 3.59. The fraction of sp³-hybridized carbons (Fsp3) is 0.111. The summed E-state index contributed by atoms with van der Waals surface area (Å²) in [5.41, 5.74) is 2.10. The summed E-state index contributed by atoms with van der Waals surface area (Å²) in [6, 6.07) is 11.2. The summed E-state index contributed by atoms with van der Waals surface area (Å²) in [5, 5.41) is 0.571. The smallest absolute Gasteiger partial charge is 0.170 e. The zero-order valence-corrected chi connectivity index (χ0v) is 12.7. The van der Waals surface area contributed by atoms with Crippen LogP contribution in [0, 0.1) is 5.82 Å². The molecule has 0 N–H and O–H groups in total. The van der Waals surface area contributed by atoms with Gasteiger partial charge in [0.2, 0.25) is 0 Å². The van der Waals surface area contributed by atoms with Gasteiger partial charge in [0, 0.05) is 11.1 Å².